The zero-order valence-corrected chi connectivity index (χ0v) is 15.2. The maximum absolute atomic E-state index is 12.0. The monoisotopic (exact) mass is 381 g/mol. The van der Waals surface area contributed by atoms with Gasteiger partial charge in [0.25, 0.3) is 0 Å². The molecule has 2 N–H and O–H groups in total. The van der Waals surface area contributed by atoms with Crippen LogP contribution in [0, 0.1) is 0 Å². The van der Waals surface area contributed by atoms with Gasteiger partial charge in [-0.05, 0) is 30.9 Å². The first kappa shape index (κ1) is 16.2. The maximum Gasteiger partial charge on any atom is 0.315 e. The van der Waals surface area contributed by atoms with Crippen molar-refractivity contribution in [3.05, 3.63) is 49.9 Å². The Balaban J connectivity index is 1.27. The van der Waals surface area contributed by atoms with Crippen molar-refractivity contribution >= 4 is 40.6 Å². The SMILES string of the molecule is O=C(NCc1csc(C2CC2)n1)N[C@@H]1C[C@@H]1c1cccc(Cl)c1Cl. The van der Waals surface area contributed by atoms with Crippen LogP contribution in [0.15, 0.2) is 23.6 Å². The highest BCUT2D eigenvalue weighted by Crippen LogP contribution is 2.45. The number of amides is 2. The molecule has 0 radical (unpaired) electrons. The molecule has 0 unspecified atom stereocenters. The van der Waals surface area contributed by atoms with Crippen molar-refractivity contribution in [1.29, 1.82) is 0 Å². The van der Waals surface area contributed by atoms with Crippen molar-refractivity contribution in [2.45, 2.75) is 43.7 Å². The Morgan fingerprint density at radius 1 is 1.33 bits per heavy atom. The second kappa shape index (κ2) is 6.54. The van der Waals surface area contributed by atoms with Gasteiger partial charge in [0, 0.05) is 23.3 Å². The molecule has 2 saturated carbocycles. The van der Waals surface area contributed by atoms with Gasteiger partial charge in [-0.15, -0.1) is 11.3 Å². The number of nitrogens with one attached hydrogen (secondary N) is 2. The zero-order valence-electron chi connectivity index (χ0n) is 12.9. The number of carbonyl (C=O) groups is 1. The Labute approximate surface area is 154 Å². The van der Waals surface area contributed by atoms with Gasteiger partial charge in [-0.3, -0.25) is 0 Å². The first-order valence-corrected chi connectivity index (χ1v) is 9.68. The minimum atomic E-state index is -0.165. The van der Waals surface area contributed by atoms with Gasteiger partial charge in [-0.1, -0.05) is 35.3 Å². The van der Waals surface area contributed by atoms with E-state index in [1.54, 1.807) is 17.4 Å². The standard InChI is InChI=1S/C17H17Cl2N3OS/c18-13-3-1-2-11(15(13)19)12-6-14(12)22-17(23)20-7-10-8-24-16(21-10)9-4-5-9/h1-3,8-9,12,14H,4-7H2,(H2,20,22,23)/t12-,14-/m1/s1. The summed E-state index contributed by atoms with van der Waals surface area (Å²) in [7, 11) is 0. The van der Waals surface area contributed by atoms with Gasteiger partial charge in [0.05, 0.1) is 27.3 Å². The largest absolute Gasteiger partial charge is 0.335 e. The van der Waals surface area contributed by atoms with E-state index >= 15 is 0 Å². The van der Waals surface area contributed by atoms with E-state index in [1.165, 1.54) is 17.8 Å². The molecule has 0 bridgehead atoms. The molecular weight excluding hydrogens is 365 g/mol. The van der Waals surface area contributed by atoms with Crippen molar-refractivity contribution in [2.24, 2.45) is 0 Å². The fourth-order valence-corrected chi connectivity index (χ4v) is 4.26. The van der Waals surface area contributed by atoms with Crippen molar-refractivity contribution in [1.82, 2.24) is 15.6 Å². The number of rotatable bonds is 5. The summed E-state index contributed by atoms with van der Waals surface area (Å²) < 4.78 is 0. The summed E-state index contributed by atoms with van der Waals surface area (Å²) >= 11 is 14.0. The van der Waals surface area contributed by atoms with Crippen LogP contribution in [0.3, 0.4) is 0 Å². The highest BCUT2D eigenvalue weighted by Gasteiger charge is 2.41. The van der Waals surface area contributed by atoms with Crippen LogP contribution in [0.25, 0.3) is 0 Å². The van der Waals surface area contributed by atoms with E-state index in [0.29, 0.717) is 22.5 Å². The predicted octanol–water partition coefficient (Wildman–Crippen LogP) is 4.68. The Hall–Kier alpha value is -1.30. The third-order valence-corrected chi connectivity index (χ3v) is 6.30. The molecule has 2 aliphatic rings. The van der Waals surface area contributed by atoms with Gasteiger partial charge in [0.15, 0.2) is 0 Å². The molecule has 2 atom stereocenters. The fraction of sp³-hybridized carbons (Fsp3) is 0.412. The van der Waals surface area contributed by atoms with E-state index in [-0.39, 0.29) is 18.0 Å². The zero-order chi connectivity index (χ0) is 16.7. The molecule has 4 nitrogen and oxygen atoms in total. The van der Waals surface area contributed by atoms with E-state index in [1.807, 2.05) is 17.5 Å². The summed E-state index contributed by atoms with van der Waals surface area (Å²) in [4.78, 5) is 16.6. The average molecular weight is 382 g/mol. The van der Waals surface area contributed by atoms with Crippen LogP contribution in [0.1, 0.15) is 47.4 Å². The quantitative estimate of drug-likeness (QED) is 0.789. The van der Waals surface area contributed by atoms with Gasteiger partial charge >= 0.3 is 6.03 Å². The molecule has 7 heteroatoms. The number of benzene rings is 1. The number of urea groups is 1. The molecule has 1 aromatic carbocycles. The molecule has 2 amide bonds. The van der Waals surface area contributed by atoms with Gasteiger partial charge < -0.3 is 10.6 Å². The van der Waals surface area contributed by atoms with Crippen molar-refractivity contribution in [3.8, 4) is 0 Å². The lowest BCUT2D eigenvalue weighted by molar-refractivity contribution is 0.240. The number of halogens is 2. The Bertz CT molecular complexity index is 775. The Kier molecular flexibility index (Phi) is 4.41. The highest BCUT2D eigenvalue weighted by atomic mass is 35.5. The third kappa shape index (κ3) is 3.53. The Morgan fingerprint density at radius 2 is 2.17 bits per heavy atom. The van der Waals surface area contributed by atoms with E-state index in [0.717, 1.165) is 17.7 Å². The second-order valence-electron chi connectivity index (χ2n) is 6.37. The average Bonchev–Trinajstić information content (AvgIpc) is 3.49. The number of aromatic nitrogens is 1. The normalized spacial score (nSPS) is 22.2. The lowest BCUT2D eigenvalue weighted by Crippen LogP contribution is -2.37. The number of thiazole rings is 1. The smallest absolute Gasteiger partial charge is 0.315 e. The van der Waals surface area contributed by atoms with E-state index in [4.69, 9.17) is 23.2 Å². The van der Waals surface area contributed by atoms with Gasteiger partial charge in [-0.25, -0.2) is 9.78 Å². The molecule has 2 aromatic rings. The molecule has 2 fully saturated rings. The van der Waals surface area contributed by atoms with E-state index < -0.39 is 0 Å². The van der Waals surface area contributed by atoms with Crippen LogP contribution in [-0.2, 0) is 6.54 Å². The van der Waals surface area contributed by atoms with Gasteiger partial charge in [0.1, 0.15) is 0 Å². The summed E-state index contributed by atoms with van der Waals surface area (Å²) in [6.45, 7) is 0.463. The maximum atomic E-state index is 12.0. The topological polar surface area (TPSA) is 54.0 Å². The fourth-order valence-electron chi connectivity index (χ4n) is 2.82. The summed E-state index contributed by atoms with van der Waals surface area (Å²) in [5.74, 6) is 0.898. The van der Waals surface area contributed by atoms with Crippen LogP contribution >= 0.6 is 34.5 Å². The first-order chi connectivity index (χ1) is 11.6. The molecule has 1 aromatic heterocycles. The molecule has 24 heavy (non-hydrogen) atoms. The minimum absolute atomic E-state index is 0.110. The van der Waals surface area contributed by atoms with E-state index in [9.17, 15) is 4.79 Å². The third-order valence-electron chi connectivity index (χ3n) is 4.41. The number of nitrogens with zero attached hydrogens (tertiary/aromatic N) is 1. The van der Waals surface area contributed by atoms with Gasteiger partial charge in [-0.2, -0.15) is 0 Å². The van der Waals surface area contributed by atoms with Crippen LogP contribution in [0.4, 0.5) is 4.79 Å². The second-order valence-corrected chi connectivity index (χ2v) is 8.04. The van der Waals surface area contributed by atoms with Crippen molar-refractivity contribution < 1.29 is 4.79 Å². The van der Waals surface area contributed by atoms with E-state index in [2.05, 4.69) is 15.6 Å². The molecule has 0 aliphatic heterocycles. The highest BCUT2D eigenvalue weighted by molar-refractivity contribution is 7.09. The molecule has 0 saturated heterocycles. The summed E-state index contributed by atoms with van der Waals surface area (Å²) in [6.07, 6.45) is 3.38. The predicted molar refractivity (Wildman–Crippen MR) is 97.1 cm³/mol. The molecule has 2 aliphatic carbocycles. The summed E-state index contributed by atoms with van der Waals surface area (Å²) in [6, 6.07) is 5.57. The van der Waals surface area contributed by atoms with Gasteiger partial charge in [0.2, 0.25) is 0 Å². The lowest BCUT2D eigenvalue weighted by atomic mass is 10.1. The van der Waals surface area contributed by atoms with Crippen molar-refractivity contribution in [3.63, 3.8) is 0 Å². The van der Waals surface area contributed by atoms with Crippen LogP contribution in [0.2, 0.25) is 10.0 Å². The first-order valence-electron chi connectivity index (χ1n) is 8.04. The Morgan fingerprint density at radius 3 is 2.96 bits per heavy atom. The summed E-state index contributed by atoms with van der Waals surface area (Å²) in [5.41, 5.74) is 1.94. The molecule has 126 valence electrons. The minimum Gasteiger partial charge on any atom is -0.335 e. The number of carbonyl (C=O) groups excluding carboxylic acids is 1. The molecule has 1 heterocycles. The molecule has 0 spiro atoms. The van der Waals surface area contributed by atoms with Crippen LogP contribution in [0.5, 0.6) is 0 Å². The number of hydrogen-bond donors (Lipinski definition) is 2. The number of hydrogen-bond acceptors (Lipinski definition) is 3. The van der Waals surface area contributed by atoms with Crippen molar-refractivity contribution in [2.75, 3.05) is 0 Å². The molecule has 4 rings (SSSR count). The van der Waals surface area contributed by atoms with Crippen LogP contribution in [-0.4, -0.2) is 17.1 Å². The summed E-state index contributed by atoms with van der Waals surface area (Å²) in [5, 5.41) is 10.2. The van der Waals surface area contributed by atoms with Crippen LogP contribution < -0.4 is 10.6 Å². The molecular formula is C17H17Cl2N3OS. The lowest BCUT2D eigenvalue weighted by Gasteiger charge is -2.08.